The highest BCUT2D eigenvalue weighted by atomic mass is 19.4. The minimum atomic E-state index is -4.46. The summed E-state index contributed by atoms with van der Waals surface area (Å²) in [6.45, 7) is 2.02. The van der Waals surface area contributed by atoms with Gasteiger partial charge in [-0.2, -0.15) is 13.2 Å². The van der Waals surface area contributed by atoms with E-state index in [1.807, 2.05) is 0 Å². The molecule has 1 aromatic carbocycles. The van der Waals surface area contributed by atoms with Crippen LogP contribution in [0.2, 0.25) is 0 Å². The van der Waals surface area contributed by atoms with Crippen LogP contribution in [0.25, 0.3) is 0 Å². The van der Waals surface area contributed by atoms with Crippen LogP contribution in [0.5, 0.6) is 17.2 Å². The van der Waals surface area contributed by atoms with Gasteiger partial charge in [0.2, 0.25) is 0 Å². The Morgan fingerprint density at radius 2 is 1.95 bits per heavy atom. The molecule has 1 aliphatic rings. The summed E-state index contributed by atoms with van der Waals surface area (Å²) in [4.78, 5) is 12.0. The molecule has 0 radical (unpaired) electrons. The second-order valence-electron chi connectivity index (χ2n) is 5.36. The van der Waals surface area contributed by atoms with E-state index >= 15 is 0 Å². The first-order valence-corrected chi connectivity index (χ1v) is 6.25. The summed E-state index contributed by atoms with van der Waals surface area (Å²) < 4.78 is 52.1. The number of benzene rings is 1. The van der Waals surface area contributed by atoms with Gasteiger partial charge in [0.15, 0.2) is 23.9 Å². The zero-order valence-corrected chi connectivity index (χ0v) is 11.8. The molecule has 0 N–H and O–H groups in total. The van der Waals surface area contributed by atoms with Gasteiger partial charge in [-0.25, -0.2) is 0 Å². The quantitative estimate of drug-likeness (QED) is 0.858. The van der Waals surface area contributed by atoms with Gasteiger partial charge in [-0.15, -0.1) is 0 Å². The Kier molecular flexibility index (Phi) is 3.78. The number of fused-ring (bicyclic) bond motifs is 1. The number of ketones is 1. The monoisotopic (exact) mass is 304 g/mol. The van der Waals surface area contributed by atoms with Crippen molar-refractivity contribution in [3.8, 4) is 17.2 Å². The molecule has 0 aromatic heterocycles. The number of carbonyl (C=O) groups is 1. The molecule has 21 heavy (non-hydrogen) atoms. The SMILES string of the molecule is COc1cc2c(cc1OCC(F)(F)F)OC(C)(C)CC2=O. The van der Waals surface area contributed by atoms with Crippen LogP contribution in [0, 0.1) is 0 Å². The standard InChI is InChI=1S/C14H15F3O4/c1-13(2)6-9(18)8-4-11(19-3)12(5-10(8)21-13)20-7-14(15,16)17/h4-5H,6-7H2,1-3H3. The van der Waals surface area contributed by atoms with Crippen LogP contribution < -0.4 is 14.2 Å². The molecule has 4 nitrogen and oxygen atoms in total. The topological polar surface area (TPSA) is 44.8 Å². The van der Waals surface area contributed by atoms with Crippen molar-refractivity contribution in [1.29, 1.82) is 0 Å². The second-order valence-corrected chi connectivity index (χ2v) is 5.36. The van der Waals surface area contributed by atoms with Gasteiger partial charge in [-0.1, -0.05) is 0 Å². The lowest BCUT2D eigenvalue weighted by molar-refractivity contribution is -0.153. The average molecular weight is 304 g/mol. The van der Waals surface area contributed by atoms with Gasteiger partial charge in [0, 0.05) is 6.07 Å². The molecule has 2 rings (SSSR count). The molecule has 7 heteroatoms. The maximum Gasteiger partial charge on any atom is 0.422 e. The molecule has 0 fully saturated rings. The van der Waals surface area contributed by atoms with Crippen LogP contribution >= 0.6 is 0 Å². The normalized spacial score (nSPS) is 17.0. The zero-order valence-electron chi connectivity index (χ0n) is 11.8. The number of carbonyl (C=O) groups excluding carboxylic acids is 1. The highest BCUT2D eigenvalue weighted by Crippen LogP contribution is 2.41. The van der Waals surface area contributed by atoms with Gasteiger partial charge in [0.1, 0.15) is 11.4 Å². The van der Waals surface area contributed by atoms with E-state index < -0.39 is 18.4 Å². The van der Waals surface area contributed by atoms with E-state index in [-0.39, 0.29) is 35.0 Å². The molecular formula is C14H15F3O4. The first-order chi connectivity index (χ1) is 9.61. The molecule has 0 unspecified atom stereocenters. The average Bonchev–Trinajstić information content (AvgIpc) is 2.33. The van der Waals surface area contributed by atoms with Crippen molar-refractivity contribution in [2.75, 3.05) is 13.7 Å². The molecule has 0 aliphatic carbocycles. The summed E-state index contributed by atoms with van der Waals surface area (Å²) in [5.41, 5.74) is -0.425. The van der Waals surface area contributed by atoms with Gasteiger partial charge >= 0.3 is 6.18 Å². The fraction of sp³-hybridized carbons (Fsp3) is 0.500. The summed E-state index contributed by atoms with van der Waals surface area (Å²) in [5.74, 6) is 0.00452. The lowest BCUT2D eigenvalue weighted by Crippen LogP contribution is -2.35. The number of methoxy groups -OCH3 is 1. The Balaban J connectivity index is 2.37. The minimum absolute atomic E-state index is 0.0645. The third-order valence-corrected chi connectivity index (χ3v) is 2.93. The first-order valence-electron chi connectivity index (χ1n) is 6.25. The van der Waals surface area contributed by atoms with Gasteiger partial charge in [0.05, 0.1) is 19.1 Å². The van der Waals surface area contributed by atoms with E-state index in [1.54, 1.807) is 13.8 Å². The highest BCUT2D eigenvalue weighted by Gasteiger charge is 2.34. The number of hydrogen-bond donors (Lipinski definition) is 0. The van der Waals surface area contributed by atoms with Crippen LogP contribution in [0.1, 0.15) is 30.6 Å². The number of halogens is 3. The van der Waals surface area contributed by atoms with Crippen molar-refractivity contribution >= 4 is 5.78 Å². The molecule has 1 aromatic rings. The van der Waals surface area contributed by atoms with E-state index in [0.29, 0.717) is 0 Å². The van der Waals surface area contributed by atoms with Gasteiger partial charge in [-0.05, 0) is 19.9 Å². The molecule has 0 amide bonds. The summed E-state index contributed by atoms with van der Waals surface area (Å²) in [7, 11) is 1.29. The van der Waals surface area contributed by atoms with Crippen molar-refractivity contribution in [3.05, 3.63) is 17.7 Å². The number of rotatable bonds is 3. The summed E-state index contributed by atoms with van der Waals surface area (Å²) in [6.07, 6.45) is -4.28. The van der Waals surface area contributed by atoms with Crippen molar-refractivity contribution < 1.29 is 32.2 Å². The fourth-order valence-corrected chi connectivity index (χ4v) is 2.09. The summed E-state index contributed by atoms with van der Waals surface area (Å²) >= 11 is 0. The third-order valence-electron chi connectivity index (χ3n) is 2.93. The molecule has 0 saturated heterocycles. The van der Waals surface area contributed by atoms with Gasteiger partial charge < -0.3 is 14.2 Å². The number of hydrogen-bond acceptors (Lipinski definition) is 4. The van der Waals surface area contributed by atoms with Crippen LogP contribution in [0.4, 0.5) is 13.2 Å². The molecular weight excluding hydrogens is 289 g/mol. The van der Waals surface area contributed by atoms with E-state index in [9.17, 15) is 18.0 Å². The summed E-state index contributed by atoms with van der Waals surface area (Å²) in [6, 6.07) is 2.61. The first kappa shape index (κ1) is 15.5. The molecule has 1 heterocycles. The van der Waals surface area contributed by atoms with Crippen molar-refractivity contribution in [2.45, 2.75) is 32.0 Å². The zero-order chi connectivity index (χ0) is 15.8. The molecule has 0 spiro atoms. The predicted molar refractivity (Wildman–Crippen MR) is 68.2 cm³/mol. The molecule has 0 saturated carbocycles. The van der Waals surface area contributed by atoms with Crippen molar-refractivity contribution in [2.24, 2.45) is 0 Å². The van der Waals surface area contributed by atoms with Crippen molar-refractivity contribution in [1.82, 2.24) is 0 Å². The largest absolute Gasteiger partial charge is 0.493 e. The molecule has 116 valence electrons. The Hall–Kier alpha value is -1.92. The molecule has 1 aliphatic heterocycles. The Labute approximate surface area is 119 Å². The number of ether oxygens (including phenoxy) is 3. The van der Waals surface area contributed by atoms with E-state index in [4.69, 9.17) is 14.2 Å². The van der Waals surface area contributed by atoms with E-state index in [1.165, 1.54) is 19.2 Å². The number of Topliss-reactive ketones (excluding diaryl/α,β-unsaturated/α-hetero) is 1. The van der Waals surface area contributed by atoms with Gasteiger partial charge in [0.25, 0.3) is 0 Å². The lowest BCUT2D eigenvalue weighted by Gasteiger charge is -2.32. The van der Waals surface area contributed by atoms with Crippen LogP contribution in [-0.2, 0) is 0 Å². The smallest absolute Gasteiger partial charge is 0.422 e. The number of alkyl halides is 3. The molecule has 0 atom stereocenters. The van der Waals surface area contributed by atoms with Crippen LogP contribution in [-0.4, -0.2) is 31.3 Å². The Morgan fingerprint density at radius 3 is 2.52 bits per heavy atom. The fourth-order valence-electron chi connectivity index (χ4n) is 2.09. The molecule has 0 bridgehead atoms. The summed E-state index contributed by atoms with van der Waals surface area (Å²) in [5, 5.41) is 0. The minimum Gasteiger partial charge on any atom is -0.493 e. The lowest BCUT2D eigenvalue weighted by atomic mass is 9.93. The Morgan fingerprint density at radius 1 is 1.29 bits per heavy atom. The van der Waals surface area contributed by atoms with E-state index in [2.05, 4.69) is 0 Å². The van der Waals surface area contributed by atoms with Crippen molar-refractivity contribution in [3.63, 3.8) is 0 Å². The van der Waals surface area contributed by atoms with Crippen LogP contribution in [0.15, 0.2) is 12.1 Å². The third kappa shape index (κ3) is 3.59. The van der Waals surface area contributed by atoms with Crippen LogP contribution in [0.3, 0.4) is 0 Å². The highest BCUT2D eigenvalue weighted by molar-refractivity contribution is 6.01. The second kappa shape index (κ2) is 5.13. The van der Waals surface area contributed by atoms with E-state index in [0.717, 1.165) is 0 Å². The predicted octanol–water partition coefficient (Wildman–Crippen LogP) is 3.38. The maximum absolute atomic E-state index is 12.2. The Bertz CT molecular complexity index is 564. The maximum atomic E-state index is 12.2. The van der Waals surface area contributed by atoms with Gasteiger partial charge in [-0.3, -0.25) is 4.79 Å².